The normalized spacial score (nSPS) is 17.5. The van der Waals surface area contributed by atoms with Crippen molar-refractivity contribution < 1.29 is 5.11 Å². The van der Waals surface area contributed by atoms with Crippen molar-refractivity contribution >= 4 is 23.2 Å². The van der Waals surface area contributed by atoms with E-state index < -0.39 is 0 Å². The van der Waals surface area contributed by atoms with E-state index in [9.17, 15) is 5.11 Å². The molecule has 15 heavy (non-hydrogen) atoms. The fourth-order valence-corrected chi connectivity index (χ4v) is 1.52. The lowest BCUT2D eigenvalue weighted by atomic mass is 10.2. The molecule has 2 rings (SSSR count). The van der Waals surface area contributed by atoms with Crippen molar-refractivity contribution in [3.05, 3.63) is 11.3 Å². The van der Waals surface area contributed by atoms with E-state index in [-0.39, 0.29) is 11.9 Å². The monoisotopic (exact) mass is 228 g/mol. The van der Waals surface area contributed by atoms with E-state index in [4.69, 9.17) is 17.3 Å². The minimum absolute atomic E-state index is 0.245. The maximum atomic E-state index is 9.63. The van der Waals surface area contributed by atoms with Gasteiger partial charge in [0.2, 0.25) is 0 Å². The van der Waals surface area contributed by atoms with Gasteiger partial charge in [0.1, 0.15) is 17.2 Å². The number of nitrogens with one attached hydrogen (secondary N) is 1. The van der Waals surface area contributed by atoms with Crippen LogP contribution in [0.25, 0.3) is 0 Å². The Labute approximate surface area is 92.7 Å². The van der Waals surface area contributed by atoms with Crippen LogP contribution in [0.15, 0.2) is 6.33 Å². The van der Waals surface area contributed by atoms with Gasteiger partial charge in [0, 0.05) is 6.54 Å². The van der Waals surface area contributed by atoms with Crippen LogP contribution in [-0.2, 0) is 0 Å². The molecule has 1 fully saturated rings. The molecule has 5 nitrogen and oxygen atoms in total. The smallest absolute Gasteiger partial charge is 0.150 e. The van der Waals surface area contributed by atoms with E-state index in [2.05, 4.69) is 15.3 Å². The molecule has 1 unspecified atom stereocenters. The van der Waals surface area contributed by atoms with Crippen molar-refractivity contribution in [3.63, 3.8) is 0 Å². The number of nitrogen functional groups attached to an aromatic ring is 1. The number of anilines is 2. The minimum atomic E-state index is -0.336. The molecule has 1 saturated carbocycles. The predicted molar refractivity (Wildman–Crippen MR) is 58.7 cm³/mol. The summed E-state index contributed by atoms with van der Waals surface area (Å²) in [6.07, 6.45) is 3.20. The van der Waals surface area contributed by atoms with Gasteiger partial charge in [-0.25, -0.2) is 9.97 Å². The van der Waals surface area contributed by atoms with E-state index in [1.165, 1.54) is 6.33 Å². The molecule has 82 valence electrons. The van der Waals surface area contributed by atoms with Crippen molar-refractivity contribution in [3.8, 4) is 0 Å². The largest absolute Gasteiger partial charge is 0.391 e. The molecular formula is C9H13ClN4O. The van der Waals surface area contributed by atoms with E-state index in [0.29, 0.717) is 23.3 Å². The van der Waals surface area contributed by atoms with Crippen molar-refractivity contribution in [2.24, 2.45) is 5.92 Å². The summed E-state index contributed by atoms with van der Waals surface area (Å²) in [5.74, 6) is 1.15. The molecule has 1 atom stereocenters. The number of aliphatic hydroxyl groups excluding tert-OH is 1. The van der Waals surface area contributed by atoms with Crippen LogP contribution >= 0.6 is 11.6 Å². The van der Waals surface area contributed by atoms with E-state index in [1.54, 1.807) is 0 Å². The van der Waals surface area contributed by atoms with Crippen LogP contribution in [0.5, 0.6) is 0 Å². The molecule has 0 bridgehead atoms. The number of rotatable bonds is 4. The fraction of sp³-hybridized carbons (Fsp3) is 0.556. The van der Waals surface area contributed by atoms with Crippen LogP contribution < -0.4 is 11.1 Å². The highest BCUT2D eigenvalue weighted by Crippen LogP contribution is 2.33. The SMILES string of the molecule is Nc1ncnc(NCC(O)C2CC2)c1Cl. The first-order valence-corrected chi connectivity index (χ1v) is 5.24. The fourth-order valence-electron chi connectivity index (χ4n) is 1.36. The molecule has 1 heterocycles. The minimum Gasteiger partial charge on any atom is -0.391 e. The Balaban J connectivity index is 1.95. The Morgan fingerprint density at radius 3 is 3.00 bits per heavy atom. The van der Waals surface area contributed by atoms with Crippen molar-refractivity contribution in [2.45, 2.75) is 18.9 Å². The number of aromatic nitrogens is 2. The third-order valence-electron chi connectivity index (χ3n) is 2.46. The zero-order chi connectivity index (χ0) is 10.8. The van der Waals surface area contributed by atoms with Gasteiger partial charge in [-0.05, 0) is 18.8 Å². The van der Waals surface area contributed by atoms with Crippen LogP contribution in [0.1, 0.15) is 12.8 Å². The average molecular weight is 229 g/mol. The summed E-state index contributed by atoms with van der Waals surface area (Å²) in [6.45, 7) is 0.445. The number of halogens is 1. The van der Waals surface area contributed by atoms with Gasteiger partial charge in [-0.3, -0.25) is 0 Å². The molecular weight excluding hydrogens is 216 g/mol. The van der Waals surface area contributed by atoms with E-state index >= 15 is 0 Å². The van der Waals surface area contributed by atoms with E-state index in [0.717, 1.165) is 12.8 Å². The topological polar surface area (TPSA) is 84.1 Å². The summed E-state index contributed by atoms with van der Waals surface area (Å²) in [5, 5.41) is 12.9. The maximum absolute atomic E-state index is 9.63. The van der Waals surface area contributed by atoms with Crippen LogP contribution in [0.4, 0.5) is 11.6 Å². The summed E-state index contributed by atoms with van der Waals surface area (Å²) in [4.78, 5) is 7.69. The van der Waals surface area contributed by atoms with Crippen LogP contribution in [0, 0.1) is 5.92 Å². The molecule has 4 N–H and O–H groups in total. The average Bonchev–Trinajstić information content (AvgIpc) is 3.03. The van der Waals surface area contributed by atoms with E-state index in [1.807, 2.05) is 0 Å². The van der Waals surface area contributed by atoms with Crippen LogP contribution in [0.3, 0.4) is 0 Å². The van der Waals surface area contributed by atoms with Crippen molar-refractivity contribution in [2.75, 3.05) is 17.6 Å². The number of aliphatic hydroxyl groups is 1. The highest BCUT2D eigenvalue weighted by molar-refractivity contribution is 6.35. The first-order chi connectivity index (χ1) is 7.18. The lowest BCUT2D eigenvalue weighted by Gasteiger charge is -2.12. The second-order valence-corrected chi connectivity index (χ2v) is 4.09. The predicted octanol–water partition coefficient (Wildman–Crippen LogP) is 0.895. The Morgan fingerprint density at radius 2 is 2.33 bits per heavy atom. The number of hydrogen-bond donors (Lipinski definition) is 3. The van der Waals surface area contributed by atoms with Gasteiger partial charge in [-0.1, -0.05) is 11.6 Å². The van der Waals surface area contributed by atoms with Crippen molar-refractivity contribution in [1.29, 1.82) is 0 Å². The lowest BCUT2D eigenvalue weighted by Crippen LogP contribution is -2.22. The van der Waals surface area contributed by atoms with Gasteiger partial charge in [0.05, 0.1) is 6.10 Å². The summed E-state index contributed by atoms with van der Waals surface area (Å²) in [6, 6.07) is 0. The summed E-state index contributed by atoms with van der Waals surface area (Å²) < 4.78 is 0. The molecule has 0 saturated heterocycles. The summed E-state index contributed by atoms with van der Waals surface area (Å²) >= 11 is 5.88. The highest BCUT2D eigenvalue weighted by atomic mass is 35.5. The standard InChI is InChI=1S/C9H13ClN4O/c10-7-8(11)13-4-14-9(7)12-3-6(15)5-1-2-5/h4-6,15H,1-3H2,(H3,11,12,13,14). The van der Waals surface area contributed by atoms with Gasteiger partial charge in [0.15, 0.2) is 5.82 Å². The second-order valence-electron chi connectivity index (χ2n) is 3.71. The number of hydrogen-bond acceptors (Lipinski definition) is 5. The van der Waals surface area contributed by atoms with Gasteiger partial charge < -0.3 is 16.2 Å². The van der Waals surface area contributed by atoms with Gasteiger partial charge >= 0.3 is 0 Å². The Kier molecular flexibility index (Phi) is 2.93. The molecule has 0 radical (unpaired) electrons. The molecule has 0 aromatic carbocycles. The molecule has 1 aliphatic carbocycles. The second kappa shape index (κ2) is 4.20. The summed E-state index contributed by atoms with van der Waals surface area (Å²) in [7, 11) is 0. The first kappa shape index (κ1) is 10.4. The third-order valence-corrected chi connectivity index (χ3v) is 2.83. The zero-order valence-corrected chi connectivity index (χ0v) is 8.91. The quantitative estimate of drug-likeness (QED) is 0.713. The number of nitrogens with zero attached hydrogens (tertiary/aromatic N) is 2. The number of nitrogens with two attached hydrogens (primary N) is 1. The van der Waals surface area contributed by atoms with Crippen molar-refractivity contribution in [1.82, 2.24) is 9.97 Å². The molecule has 0 amide bonds. The van der Waals surface area contributed by atoms with Gasteiger partial charge in [-0.15, -0.1) is 0 Å². The summed E-state index contributed by atoms with van der Waals surface area (Å²) in [5.41, 5.74) is 5.51. The molecule has 1 aromatic heterocycles. The molecule has 1 aromatic rings. The lowest BCUT2D eigenvalue weighted by molar-refractivity contribution is 0.164. The molecule has 0 spiro atoms. The Morgan fingerprint density at radius 1 is 1.60 bits per heavy atom. The third kappa shape index (κ3) is 2.49. The van der Waals surface area contributed by atoms with Gasteiger partial charge in [0.25, 0.3) is 0 Å². The van der Waals surface area contributed by atoms with Gasteiger partial charge in [-0.2, -0.15) is 0 Å². The Bertz CT molecular complexity index is 356. The zero-order valence-electron chi connectivity index (χ0n) is 8.15. The maximum Gasteiger partial charge on any atom is 0.150 e. The van der Waals surface area contributed by atoms with Crippen LogP contribution in [-0.4, -0.2) is 27.7 Å². The molecule has 6 heteroatoms. The first-order valence-electron chi connectivity index (χ1n) is 4.86. The molecule has 0 aliphatic heterocycles. The Hall–Kier alpha value is -1.07. The van der Waals surface area contributed by atoms with Crippen LogP contribution in [0.2, 0.25) is 5.02 Å². The molecule has 1 aliphatic rings. The highest BCUT2D eigenvalue weighted by Gasteiger charge is 2.29.